The normalized spacial score (nSPS) is 17.8. The molecule has 17 nitrogen and oxygen atoms in total. The number of nitrogens with two attached hydrogens (primary N) is 1. The molecule has 286 valence electrons. The van der Waals surface area contributed by atoms with Crippen molar-refractivity contribution < 1.29 is 43.0 Å². The number of epoxide rings is 1. The number of rotatable bonds is 12. The zero-order chi connectivity index (χ0) is 38.9. The molecule has 2 aliphatic rings. The second-order valence-corrected chi connectivity index (χ2v) is 13.9. The van der Waals surface area contributed by atoms with Crippen LogP contribution in [0.5, 0.6) is 0 Å². The van der Waals surface area contributed by atoms with Gasteiger partial charge in [0, 0.05) is 39.3 Å². The summed E-state index contributed by atoms with van der Waals surface area (Å²) < 4.78 is 10.9. The Bertz CT molecular complexity index is 1600. The van der Waals surface area contributed by atoms with Crippen LogP contribution in [-0.2, 0) is 46.5 Å². The summed E-state index contributed by atoms with van der Waals surface area (Å²) in [4.78, 5) is 94.5. The first-order valence-electron chi connectivity index (χ1n) is 17.3. The summed E-state index contributed by atoms with van der Waals surface area (Å²) in [6.45, 7) is 8.77. The van der Waals surface area contributed by atoms with Gasteiger partial charge in [0.15, 0.2) is 12.2 Å². The van der Waals surface area contributed by atoms with Gasteiger partial charge in [-0.15, -0.1) is 0 Å². The summed E-state index contributed by atoms with van der Waals surface area (Å²) in [5, 5.41) is 5.69. The van der Waals surface area contributed by atoms with Crippen molar-refractivity contribution in [3.8, 4) is 0 Å². The molecule has 0 spiro atoms. The fourth-order valence-electron chi connectivity index (χ4n) is 5.36. The van der Waals surface area contributed by atoms with E-state index in [0.717, 1.165) is 11.1 Å². The van der Waals surface area contributed by atoms with Gasteiger partial charge in [0.05, 0.1) is 0 Å². The summed E-state index contributed by atoms with van der Waals surface area (Å²) in [6, 6.07) is 15.8. The number of nitrogens with zero attached hydrogens (tertiary/aromatic N) is 4. The van der Waals surface area contributed by atoms with Crippen molar-refractivity contribution in [3.05, 3.63) is 71.8 Å². The van der Waals surface area contributed by atoms with Crippen molar-refractivity contribution in [2.24, 2.45) is 5.73 Å². The number of hydrogen-bond acceptors (Lipinski definition) is 9. The highest BCUT2D eigenvalue weighted by Gasteiger charge is 2.53. The van der Waals surface area contributed by atoms with Crippen LogP contribution in [0.4, 0.5) is 9.59 Å². The van der Waals surface area contributed by atoms with E-state index in [0.29, 0.717) is 5.01 Å². The molecule has 0 unspecified atom stereocenters. The van der Waals surface area contributed by atoms with Crippen LogP contribution >= 0.6 is 0 Å². The largest absolute Gasteiger partial charge is 0.444 e. The molecule has 53 heavy (non-hydrogen) atoms. The molecule has 0 aromatic heterocycles. The van der Waals surface area contributed by atoms with Gasteiger partial charge in [-0.05, 0) is 45.7 Å². The maximum absolute atomic E-state index is 13.6. The molecular weight excluding hydrogens is 688 g/mol. The van der Waals surface area contributed by atoms with Crippen LogP contribution in [-0.4, -0.2) is 124 Å². The third kappa shape index (κ3) is 11.9. The maximum Gasteiger partial charge on any atom is 0.410 e. The lowest BCUT2D eigenvalue weighted by molar-refractivity contribution is -0.145. The van der Waals surface area contributed by atoms with Gasteiger partial charge in [0.2, 0.25) is 11.8 Å². The topological polar surface area (TPSA) is 216 Å². The predicted octanol–water partition coefficient (Wildman–Crippen LogP) is 0.483. The Morgan fingerprint density at radius 3 is 1.77 bits per heavy atom. The number of hydrogen-bond donors (Lipinski definition) is 4. The van der Waals surface area contributed by atoms with Gasteiger partial charge in [-0.1, -0.05) is 60.7 Å². The van der Waals surface area contributed by atoms with Gasteiger partial charge in [0.1, 0.15) is 24.2 Å². The number of ether oxygens (including phenoxy) is 2. The van der Waals surface area contributed by atoms with Gasteiger partial charge >= 0.3 is 12.1 Å². The molecule has 2 aromatic carbocycles. The molecule has 2 aliphatic heterocycles. The van der Waals surface area contributed by atoms with Crippen LogP contribution in [0.3, 0.4) is 0 Å². The molecule has 2 fully saturated rings. The molecule has 2 aromatic rings. The smallest absolute Gasteiger partial charge is 0.410 e. The molecule has 0 bridgehead atoms. The Balaban J connectivity index is 1.29. The minimum Gasteiger partial charge on any atom is -0.444 e. The summed E-state index contributed by atoms with van der Waals surface area (Å²) >= 11 is 0. The highest BCUT2D eigenvalue weighted by molar-refractivity contribution is 5.98. The minimum atomic E-state index is -1.29. The predicted molar refractivity (Wildman–Crippen MR) is 190 cm³/mol. The van der Waals surface area contributed by atoms with Crippen molar-refractivity contribution in [2.75, 3.05) is 32.7 Å². The van der Waals surface area contributed by atoms with E-state index in [2.05, 4.69) is 16.1 Å². The van der Waals surface area contributed by atoms with Gasteiger partial charge in [-0.2, -0.15) is 0 Å². The van der Waals surface area contributed by atoms with E-state index in [1.54, 1.807) is 25.7 Å². The maximum atomic E-state index is 13.6. The van der Waals surface area contributed by atoms with Crippen molar-refractivity contribution in [1.82, 2.24) is 35.8 Å². The van der Waals surface area contributed by atoms with Gasteiger partial charge < -0.3 is 40.5 Å². The van der Waals surface area contributed by atoms with Crippen LogP contribution in [0.25, 0.3) is 0 Å². The van der Waals surface area contributed by atoms with Crippen molar-refractivity contribution >= 4 is 41.7 Å². The first-order chi connectivity index (χ1) is 25.0. The standard InChI is InChI=1S/C36H48N8O9/c1-23(39-34(50)41-16-18-42(19-17-41)35(51)53-36(3,4)5)30(46)38-24(2)31(47)40-44(22-27(37)45)33(49)29-28(52-29)32(48)43(20-25-12-8-6-9-13-25)21-26-14-10-7-11-15-26/h6-15,23-24,28-29H,16-22H2,1-5H3,(H2,37,45)(H,38,46)(H,39,50)(H,40,47)/t23-,24+,28+,29+/m1/s1. The number of nitrogens with one attached hydrogen (secondary N) is 3. The van der Waals surface area contributed by atoms with E-state index < -0.39 is 78.1 Å². The monoisotopic (exact) mass is 736 g/mol. The fraction of sp³-hybridized carbons (Fsp3) is 0.472. The van der Waals surface area contributed by atoms with E-state index in [4.69, 9.17) is 15.2 Å². The van der Waals surface area contributed by atoms with Crippen LogP contribution in [0.15, 0.2) is 60.7 Å². The third-order valence-electron chi connectivity index (χ3n) is 8.25. The molecule has 4 atom stereocenters. The molecule has 2 heterocycles. The van der Waals surface area contributed by atoms with Gasteiger partial charge in [-0.25, -0.2) is 14.6 Å². The molecule has 17 heteroatoms. The fourth-order valence-corrected chi connectivity index (χ4v) is 5.36. The number of urea groups is 1. The zero-order valence-electron chi connectivity index (χ0n) is 30.6. The molecule has 0 radical (unpaired) electrons. The molecular formula is C36H48N8O9. The van der Waals surface area contributed by atoms with Crippen LogP contribution < -0.4 is 21.8 Å². The van der Waals surface area contributed by atoms with Crippen molar-refractivity contribution in [1.29, 1.82) is 0 Å². The van der Waals surface area contributed by atoms with E-state index in [1.165, 1.54) is 23.6 Å². The van der Waals surface area contributed by atoms with E-state index in [-0.39, 0.29) is 39.3 Å². The number of carbonyl (C=O) groups is 7. The Morgan fingerprint density at radius 1 is 0.774 bits per heavy atom. The highest BCUT2D eigenvalue weighted by atomic mass is 16.6. The number of carbonyl (C=O) groups excluding carboxylic acids is 7. The SMILES string of the molecule is C[C@H](NC(=O)[C@@H](C)NC(=O)N1CCN(C(=O)OC(C)(C)C)CC1)C(=O)NN(CC(N)=O)C(=O)[C@H]1O[C@@H]1C(=O)N(Cc1ccccc1)Cc1ccccc1. The lowest BCUT2D eigenvalue weighted by Gasteiger charge is -2.36. The first-order valence-corrected chi connectivity index (χ1v) is 17.3. The van der Waals surface area contributed by atoms with Crippen LogP contribution in [0, 0.1) is 0 Å². The minimum absolute atomic E-state index is 0.219. The Hall–Kier alpha value is -5.71. The molecule has 0 saturated carbocycles. The number of benzene rings is 2. The summed E-state index contributed by atoms with van der Waals surface area (Å²) in [7, 11) is 0. The van der Waals surface area contributed by atoms with Crippen molar-refractivity contribution in [2.45, 2.75) is 77.6 Å². The van der Waals surface area contributed by atoms with Crippen LogP contribution in [0.2, 0.25) is 0 Å². The van der Waals surface area contributed by atoms with Crippen LogP contribution in [0.1, 0.15) is 45.7 Å². The number of piperazine rings is 1. The van der Waals surface area contributed by atoms with Gasteiger partial charge in [0.25, 0.3) is 17.7 Å². The Morgan fingerprint density at radius 2 is 1.26 bits per heavy atom. The second-order valence-electron chi connectivity index (χ2n) is 13.9. The van der Waals surface area contributed by atoms with Gasteiger partial charge in [-0.3, -0.25) is 29.4 Å². The second kappa shape index (κ2) is 17.7. The Labute approximate surface area is 308 Å². The third-order valence-corrected chi connectivity index (χ3v) is 8.25. The molecule has 5 N–H and O–H groups in total. The molecule has 4 rings (SSSR count). The first kappa shape index (κ1) is 40.1. The highest BCUT2D eigenvalue weighted by Crippen LogP contribution is 2.28. The summed E-state index contributed by atoms with van der Waals surface area (Å²) in [6.07, 6.45) is -2.93. The zero-order valence-corrected chi connectivity index (χ0v) is 30.6. The summed E-state index contributed by atoms with van der Waals surface area (Å²) in [5.74, 6) is -3.85. The number of hydrazine groups is 1. The Kier molecular flexibility index (Phi) is 13.4. The lowest BCUT2D eigenvalue weighted by atomic mass is 10.1. The summed E-state index contributed by atoms with van der Waals surface area (Å²) in [5.41, 5.74) is 8.72. The number of amides is 8. The van der Waals surface area contributed by atoms with Crippen molar-refractivity contribution in [3.63, 3.8) is 0 Å². The average Bonchev–Trinajstić information content (AvgIpc) is 3.91. The van der Waals surface area contributed by atoms with E-state index in [9.17, 15) is 33.6 Å². The lowest BCUT2D eigenvalue weighted by Crippen LogP contribution is -2.59. The van der Waals surface area contributed by atoms with E-state index in [1.807, 2.05) is 60.7 Å². The average molecular weight is 737 g/mol. The molecule has 2 saturated heterocycles. The molecule has 8 amide bonds. The molecule has 0 aliphatic carbocycles. The van der Waals surface area contributed by atoms with E-state index >= 15 is 0 Å². The number of primary amides is 1. The quantitative estimate of drug-likeness (QED) is 0.176.